The maximum Gasteiger partial charge on any atom is 0.228 e. The Kier molecular flexibility index (Phi) is 12.3. The molecule has 9 heteroatoms. The number of halogens is 4. The van der Waals surface area contributed by atoms with E-state index in [9.17, 15) is 4.79 Å². The van der Waals surface area contributed by atoms with Gasteiger partial charge in [0.05, 0.1) is 5.69 Å². The first kappa shape index (κ1) is 25.0. The van der Waals surface area contributed by atoms with Gasteiger partial charge in [-0.05, 0) is 53.4 Å². The summed E-state index contributed by atoms with van der Waals surface area (Å²) in [6, 6.07) is 7.65. The van der Waals surface area contributed by atoms with Gasteiger partial charge in [-0.1, -0.05) is 86.0 Å². The fourth-order valence-electron chi connectivity index (χ4n) is 2.35. The van der Waals surface area contributed by atoms with Gasteiger partial charge in [-0.25, -0.2) is 0 Å². The van der Waals surface area contributed by atoms with Crippen LogP contribution in [0.1, 0.15) is 51.9 Å². The summed E-state index contributed by atoms with van der Waals surface area (Å²) in [5.74, 6) is -0.175. The molecule has 1 amide bonds. The molecule has 1 atom stereocenters. The Labute approximate surface area is 195 Å². The highest BCUT2D eigenvalue weighted by Gasteiger charge is 2.34. The van der Waals surface area contributed by atoms with E-state index in [1.807, 2.05) is 24.3 Å². The van der Waals surface area contributed by atoms with Crippen molar-refractivity contribution in [1.82, 2.24) is 10.6 Å². The molecule has 3 N–H and O–H groups in total. The smallest absolute Gasteiger partial charge is 0.228 e. The second kappa shape index (κ2) is 13.2. The molecule has 0 aliphatic rings. The normalized spacial score (nSPS) is 12.3. The first-order valence-corrected chi connectivity index (χ1v) is 11.5. The maximum absolute atomic E-state index is 12.2. The van der Waals surface area contributed by atoms with Crippen LogP contribution < -0.4 is 16.0 Å². The number of rotatable bonds is 10. The van der Waals surface area contributed by atoms with E-state index in [0.29, 0.717) is 6.42 Å². The van der Waals surface area contributed by atoms with Crippen molar-refractivity contribution in [2.75, 3.05) is 5.32 Å². The quantitative estimate of drug-likeness (QED) is 0.105. The van der Waals surface area contributed by atoms with Gasteiger partial charge in [-0.2, -0.15) is 0 Å². The van der Waals surface area contributed by atoms with Crippen LogP contribution in [-0.4, -0.2) is 21.0 Å². The number of nitrogens with one attached hydrogen (secondary N) is 3. The lowest BCUT2D eigenvalue weighted by atomic mass is 10.1. The highest BCUT2D eigenvalue weighted by molar-refractivity contribution is 14.1. The summed E-state index contributed by atoms with van der Waals surface area (Å²) in [7, 11) is 0. The SMILES string of the molecule is CCCCCCCCC(=O)NC(NC(=S)Nc1ccccc1I)C(Cl)(Cl)Cl. The lowest BCUT2D eigenvalue weighted by Crippen LogP contribution is -2.56. The van der Waals surface area contributed by atoms with Crippen molar-refractivity contribution in [3.63, 3.8) is 0 Å². The predicted octanol–water partition coefficient (Wildman–Crippen LogP) is 6.14. The zero-order valence-corrected chi connectivity index (χ0v) is 20.4. The fourth-order valence-corrected chi connectivity index (χ4v) is 3.43. The van der Waals surface area contributed by atoms with Crippen LogP contribution >= 0.6 is 69.6 Å². The summed E-state index contributed by atoms with van der Waals surface area (Å²) in [5, 5.41) is 8.89. The number of hydrogen-bond donors (Lipinski definition) is 3. The number of benzene rings is 1. The largest absolute Gasteiger partial charge is 0.339 e. The minimum absolute atomic E-state index is 0.175. The minimum Gasteiger partial charge on any atom is -0.339 e. The van der Waals surface area contributed by atoms with Crippen LogP contribution in [-0.2, 0) is 4.79 Å². The van der Waals surface area contributed by atoms with Crippen LogP contribution in [0.15, 0.2) is 24.3 Å². The molecule has 1 rings (SSSR count). The Morgan fingerprint density at radius 2 is 1.74 bits per heavy atom. The lowest BCUT2D eigenvalue weighted by molar-refractivity contribution is -0.122. The third-order valence-corrected chi connectivity index (χ3v) is 5.60. The molecule has 152 valence electrons. The fraction of sp³-hybridized carbons (Fsp3) is 0.556. The second-order valence-electron chi connectivity index (χ2n) is 6.14. The van der Waals surface area contributed by atoms with Gasteiger partial charge in [-0.15, -0.1) is 0 Å². The van der Waals surface area contributed by atoms with Gasteiger partial charge in [0.2, 0.25) is 9.70 Å². The first-order chi connectivity index (χ1) is 12.7. The maximum atomic E-state index is 12.2. The van der Waals surface area contributed by atoms with Gasteiger partial charge in [0.1, 0.15) is 6.17 Å². The number of thiocarbonyl (C=S) groups is 1. The Bertz CT molecular complexity index is 614. The summed E-state index contributed by atoms with van der Waals surface area (Å²) in [6.45, 7) is 2.18. The second-order valence-corrected chi connectivity index (χ2v) is 10.1. The monoisotopic (exact) mass is 563 g/mol. The van der Waals surface area contributed by atoms with Crippen molar-refractivity contribution in [3.8, 4) is 0 Å². The summed E-state index contributed by atoms with van der Waals surface area (Å²) in [4.78, 5) is 12.2. The van der Waals surface area contributed by atoms with Crippen LogP contribution in [0.5, 0.6) is 0 Å². The number of carbonyl (C=O) groups excluding carboxylic acids is 1. The minimum atomic E-state index is -1.74. The molecule has 1 aromatic rings. The summed E-state index contributed by atoms with van der Waals surface area (Å²) in [6.07, 6.45) is 6.06. The Hall–Kier alpha value is -0.0200. The van der Waals surface area contributed by atoms with Gasteiger partial charge < -0.3 is 16.0 Å². The highest BCUT2D eigenvalue weighted by atomic mass is 127. The number of hydrogen-bond acceptors (Lipinski definition) is 2. The molecule has 0 fully saturated rings. The van der Waals surface area contributed by atoms with Gasteiger partial charge in [0.15, 0.2) is 5.11 Å². The number of amides is 1. The van der Waals surface area contributed by atoms with E-state index in [1.54, 1.807) is 0 Å². The van der Waals surface area contributed by atoms with Crippen molar-refractivity contribution >= 4 is 86.3 Å². The summed E-state index contributed by atoms with van der Waals surface area (Å²) in [5.41, 5.74) is 0.831. The van der Waals surface area contributed by atoms with E-state index in [0.717, 1.165) is 28.5 Å². The lowest BCUT2D eigenvalue weighted by Gasteiger charge is -2.28. The average Bonchev–Trinajstić information content (AvgIpc) is 2.58. The van der Waals surface area contributed by atoms with Gasteiger partial charge >= 0.3 is 0 Å². The predicted molar refractivity (Wildman–Crippen MR) is 129 cm³/mol. The third kappa shape index (κ3) is 10.9. The molecule has 0 radical (unpaired) electrons. The van der Waals surface area contributed by atoms with E-state index in [4.69, 9.17) is 47.0 Å². The molecule has 1 unspecified atom stereocenters. The number of alkyl halides is 3. The van der Waals surface area contributed by atoms with Gasteiger partial charge in [0, 0.05) is 9.99 Å². The summed E-state index contributed by atoms with van der Waals surface area (Å²) >= 11 is 25.5. The van der Waals surface area contributed by atoms with Crippen molar-refractivity contribution in [2.24, 2.45) is 0 Å². The highest BCUT2D eigenvalue weighted by Crippen LogP contribution is 2.29. The number of carbonyl (C=O) groups is 1. The molecule has 0 bridgehead atoms. The number of anilines is 1. The molecular weight excluding hydrogens is 540 g/mol. The Balaban J connectivity index is 2.49. The van der Waals surface area contributed by atoms with Gasteiger partial charge in [-0.3, -0.25) is 4.79 Å². The van der Waals surface area contributed by atoms with Crippen molar-refractivity contribution in [2.45, 2.75) is 61.8 Å². The van der Waals surface area contributed by atoms with E-state index in [-0.39, 0.29) is 11.0 Å². The van der Waals surface area contributed by atoms with Crippen molar-refractivity contribution < 1.29 is 4.79 Å². The molecule has 0 aliphatic carbocycles. The zero-order valence-electron chi connectivity index (χ0n) is 15.2. The van der Waals surface area contributed by atoms with E-state index < -0.39 is 9.96 Å². The summed E-state index contributed by atoms with van der Waals surface area (Å²) < 4.78 is -0.747. The molecule has 4 nitrogen and oxygen atoms in total. The zero-order chi connectivity index (χ0) is 20.3. The molecule has 0 saturated carbocycles. The number of unbranched alkanes of at least 4 members (excludes halogenated alkanes) is 5. The van der Waals surface area contributed by atoms with E-state index in [2.05, 4.69) is 45.5 Å². The Morgan fingerprint density at radius 1 is 1.11 bits per heavy atom. The van der Waals surface area contributed by atoms with Crippen molar-refractivity contribution in [3.05, 3.63) is 27.8 Å². The van der Waals surface area contributed by atoms with Crippen LogP contribution in [0.2, 0.25) is 0 Å². The standard InChI is InChI=1S/C18H25Cl3IN3OS/c1-2-3-4-5-6-7-12-15(26)24-16(18(19,20)21)25-17(27)23-14-11-9-8-10-13(14)22/h8-11,16H,2-7,12H2,1H3,(H,24,26)(H2,23,25,27). The van der Waals surface area contributed by atoms with Gasteiger partial charge in [0.25, 0.3) is 0 Å². The molecule has 0 aliphatic heterocycles. The molecule has 0 heterocycles. The average molecular weight is 565 g/mol. The van der Waals surface area contributed by atoms with Crippen LogP contribution in [0.3, 0.4) is 0 Å². The molecule has 0 saturated heterocycles. The van der Waals surface area contributed by atoms with Crippen LogP contribution in [0.25, 0.3) is 0 Å². The Morgan fingerprint density at radius 3 is 2.37 bits per heavy atom. The molecule has 1 aromatic carbocycles. The molecular formula is C18H25Cl3IN3OS. The topological polar surface area (TPSA) is 53.2 Å². The van der Waals surface area contributed by atoms with E-state index in [1.165, 1.54) is 19.3 Å². The molecule has 27 heavy (non-hydrogen) atoms. The van der Waals surface area contributed by atoms with Crippen LogP contribution in [0.4, 0.5) is 5.69 Å². The van der Waals surface area contributed by atoms with Crippen molar-refractivity contribution in [1.29, 1.82) is 0 Å². The molecule has 0 spiro atoms. The first-order valence-electron chi connectivity index (χ1n) is 8.92. The third-order valence-electron chi connectivity index (χ3n) is 3.79. The van der Waals surface area contributed by atoms with Crippen LogP contribution in [0, 0.1) is 3.57 Å². The number of para-hydroxylation sites is 1. The van der Waals surface area contributed by atoms with E-state index >= 15 is 0 Å². The molecule has 0 aromatic heterocycles.